The van der Waals surface area contributed by atoms with Crippen molar-refractivity contribution < 1.29 is 37.1 Å². The Bertz CT molecular complexity index is 1690. The highest BCUT2D eigenvalue weighted by Gasteiger charge is 2.27. The Hall–Kier alpha value is -3.26. The quantitative estimate of drug-likeness (QED) is 0.212. The number of aryl methyl sites for hydroxylation is 1. The molecule has 43 heavy (non-hydrogen) atoms. The Morgan fingerprint density at radius 1 is 1.05 bits per heavy atom. The Morgan fingerprint density at radius 2 is 1.74 bits per heavy atom. The molecule has 1 unspecified atom stereocenters. The average Bonchev–Trinajstić information content (AvgIpc) is 3.30. The minimum Gasteiger partial charge on any atom is -0.491 e. The topological polar surface area (TPSA) is 156 Å². The number of β-amino-alcohol motifs (C(OH)–C–C–N with tert-alkyl or cyclic N) is 1. The molecule has 0 saturated carbocycles. The third kappa shape index (κ3) is 9.12. The van der Waals surface area contributed by atoms with Crippen LogP contribution in [0.25, 0.3) is 10.3 Å². The van der Waals surface area contributed by atoms with Crippen molar-refractivity contribution >= 4 is 31.7 Å². The van der Waals surface area contributed by atoms with Crippen LogP contribution in [-0.2, 0) is 23.0 Å². The fourth-order valence-electron chi connectivity index (χ4n) is 4.33. The van der Waals surface area contributed by atoms with Gasteiger partial charge in [0.1, 0.15) is 29.1 Å². The van der Waals surface area contributed by atoms with Gasteiger partial charge in [-0.15, -0.1) is 0 Å². The predicted octanol–water partition coefficient (Wildman–Crippen LogP) is 3.57. The van der Waals surface area contributed by atoms with E-state index in [-0.39, 0.29) is 22.8 Å². The number of aliphatic hydroxyl groups excluding tert-OH is 3. The number of ether oxygens (including phenoxy) is 1. The summed E-state index contributed by atoms with van der Waals surface area (Å²) in [5.74, 6) is 0.780. The Kier molecular flexibility index (Phi) is 10.3. The van der Waals surface area contributed by atoms with Gasteiger partial charge in [-0.05, 0) is 63.6 Å². The molecular formula is C31H37NO9S2. The van der Waals surface area contributed by atoms with Gasteiger partial charge in [-0.1, -0.05) is 41.2 Å². The molecule has 1 aromatic heterocycles. The van der Waals surface area contributed by atoms with Crippen LogP contribution in [0.2, 0.25) is 0 Å². The van der Waals surface area contributed by atoms with Gasteiger partial charge in [0.25, 0.3) is 0 Å². The molecule has 232 valence electrons. The van der Waals surface area contributed by atoms with E-state index in [9.17, 15) is 28.5 Å². The molecule has 1 aliphatic rings. The lowest BCUT2D eigenvalue weighted by molar-refractivity contribution is 0.0132. The van der Waals surface area contributed by atoms with Crippen LogP contribution in [0.1, 0.15) is 37.5 Å². The van der Waals surface area contributed by atoms with Gasteiger partial charge in [0, 0.05) is 36.6 Å². The fourth-order valence-corrected chi connectivity index (χ4v) is 5.90. The van der Waals surface area contributed by atoms with Gasteiger partial charge in [0.15, 0.2) is 5.58 Å². The maximum atomic E-state index is 12.1. The molecule has 0 bridgehead atoms. The zero-order valence-corrected chi connectivity index (χ0v) is 26.1. The van der Waals surface area contributed by atoms with Crippen molar-refractivity contribution in [2.45, 2.75) is 69.3 Å². The number of fused-ring (bicyclic) bond motifs is 2. The highest BCUT2D eigenvalue weighted by atomic mass is 32.2. The van der Waals surface area contributed by atoms with Gasteiger partial charge in [-0.25, -0.2) is 4.79 Å². The fraction of sp³-hybridized carbons (Fsp3) is 0.387. The molecule has 5 rings (SSSR count). The van der Waals surface area contributed by atoms with Crippen molar-refractivity contribution in [1.82, 2.24) is 5.32 Å². The zero-order valence-electron chi connectivity index (χ0n) is 24.4. The smallest absolute Gasteiger partial charge is 0.396 e. The second-order valence-corrected chi connectivity index (χ2v) is 14.0. The third-order valence-corrected chi connectivity index (χ3v) is 8.70. The number of hydrogen-bond acceptors (Lipinski definition) is 11. The number of rotatable bonds is 8. The van der Waals surface area contributed by atoms with E-state index in [0.29, 0.717) is 35.4 Å². The van der Waals surface area contributed by atoms with Crippen molar-refractivity contribution in [3.63, 3.8) is 0 Å². The molecule has 0 spiro atoms. The lowest BCUT2D eigenvalue weighted by Crippen LogP contribution is -2.42. The van der Waals surface area contributed by atoms with Gasteiger partial charge < -0.3 is 34.0 Å². The average molecular weight is 632 g/mol. The minimum atomic E-state index is -3.91. The summed E-state index contributed by atoms with van der Waals surface area (Å²) in [7, 11) is -3.91. The molecular weight excluding hydrogens is 594 g/mol. The van der Waals surface area contributed by atoms with Gasteiger partial charge >= 0.3 is 15.1 Å². The first-order valence-electron chi connectivity index (χ1n) is 13.8. The SMILES string of the molecule is CC(C)(C)NCC(O)COc1cccc2c1C[C@H](O)[C@H](O)C2.Cc1ccc(S(=O)(=O)Oc2ccc3sc(=O)oc3c2)cc1. The van der Waals surface area contributed by atoms with Crippen LogP contribution in [0.5, 0.6) is 11.5 Å². The van der Waals surface area contributed by atoms with E-state index in [2.05, 4.69) is 5.32 Å². The number of hydrogen-bond donors (Lipinski definition) is 4. The second-order valence-electron chi connectivity index (χ2n) is 11.4. The summed E-state index contributed by atoms with van der Waals surface area (Å²) >= 11 is 0.950. The molecule has 3 aromatic carbocycles. The first-order valence-corrected chi connectivity index (χ1v) is 16.0. The normalized spacial score (nSPS) is 17.5. The standard InChI is InChI=1S/C17H27NO4.C14H10O5S2/c1-17(2,3)18-9-12(19)10-22-16-6-4-5-11-7-14(20)15(21)8-13(11)16;1-9-2-5-11(6-3-9)21(16,17)19-10-4-7-13-12(8-10)18-14(15)20-13/h4-6,12,14-15,18-21H,7-10H2,1-3H3;2-8H,1H3/t12?,14-,15+;/m1./s1. The Balaban J connectivity index is 0.000000197. The molecule has 3 atom stereocenters. The maximum Gasteiger partial charge on any atom is 0.396 e. The molecule has 4 aromatic rings. The van der Waals surface area contributed by atoms with Crippen molar-refractivity contribution in [3.8, 4) is 11.5 Å². The van der Waals surface area contributed by atoms with Crippen LogP contribution in [-0.4, -0.2) is 60.7 Å². The Labute approximate surface area is 254 Å². The van der Waals surface area contributed by atoms with Gasteiger partial charge in [-0.3, -0.25) is 0 Å². The van der Waals surface area contributed by atoms with E-state index in [1.807, 2.05) is 45.9 Å². The summed E-state index contributed by atoms with van der Waals surface area (Å²) < 4.78 is 40.6. The van der Waals surface area contributed by atoms with Crippen molar-refractivity contribution in [2.75, 3.05) is 13.2 Å². The highest BCUT2D eigenvalue weighted by Crippen LogP contribution is 2.30. The van der Waals surface area contributed by atoms with Crippen LogP contribution >= 0.6 is 11.3 Å². The maximum absolute atomic E-state index is 12.1. The second kappa shape index (κ2) is 13.6. The summed E-state index contributed by atoms with van der Waals surface area (Å²) in [6.07, 6.45) is -1.27. The van der Waals surface area contributed by atoms with Crippen molar-refractivity contribution in [2.24, 2.45) is 0 Å². The van der Waals surface area contributed by atoms with Crippen molar-refractivity contribution in [3.05, 3.63) is 87.1 Å². The van der Waals surface area contributed by atoms with E-state index >= 15 is 0 Å². The van der Waals surface area contributed by atoms with E-state index < -0.39 is 33.4 Å². The molecule has 0 saturated heterocycles. The molecule has 4 N–H and O–H groups in total. The van der Waals surface area contributed by atoms with E-state index in [4.69, 9.17) is 13.3 Å². The largest absolute Gasteiger partial charge is 0.491 e. The molecule has 1 heterocycles. The first kappa shape index (κ1) is 32.6. The zero-order chi connectivity index (χ0) is 31.4. The monoisotopic (exact) mass is 631 g/mol. The van der Waals surface area contributed by atoms with E-state index in [1.165, 1.54) is 24.3 Å². The van der Waals surface area contributed by atoms with Gasteiger partial charge in [0.2, 0.25) is 0 Å². The van der Waals surface area contributed by atoms with Crippen LogP contribution in [0, 0.1) is 6.92 Å². The highest BCUT2D eigenvalue weighted by molar-refractivity contribution is 7.87. The number of nitrogens with one attached hydrogen (secondary N) is 1. The molecule has 10 nitrogen and oxygen atoms in total. The summed E-state index contributed by atoms with van der Waals surface area (Å²) in [6.45, 7) is 8.64. The summed E-state index contributed by atoms with van der Waals surface area (Å²) in [5.41, 5.74) is 3.14. The summed E-state index contributed by atoms with van der Waals surface area (Å²) in [6, 6.07) is 16.5. The van der Waals surface area contributed by atoms with Crippen molar-refractivity contribution in [1.29, 1.82) is 0 Å². The third-order valence-electron chi connectivity index (χ3n) is 6.63. The number of benzene rings is 3. The lowest BCUT2D eigenvalue weighted by Gasteiger charge is -2.28. The molecule has 0 amide bonds. The van der Waals surface area contributed by atoms with Crippen LogP contribution in [0.3, 0.4) is 0 Å². The predicted molar refractivity (Wildman–Crippen MR) is 164 cm³/mol. The summed E-state index contributed by atoms with van der Waals surface area (Å²) in [5, 5.41) is 32.8. The van der Waals surface area contributed by atoms with Crippen LogP contribution < -0.4 is 19.2 Å². The summed E-state index contributed by atoms with van der Waals surface area (Å²) in [4.78, 5) is 10.8. The first-order chi connectivity index (χ1) is 20.2. The molecule has 0 radical (unpaired) electrons. The van der Waals surface area contributed by atoms with Gasteiger partial charge in [-0.2, -0.15) is 8.42 Å². The number of aliphatic hydroxyl groups is 3. The van der Waals surface area contributed by atoms with Crippen LogP contribution in [0.4, 0.5) is 0 Å². The minimum absolute atomic E-state index is 0.0485. The Morgan fingerprint density at radius 3 is 2.44 bits per heavy atom. The van der Waals surface area contributed by atoms with E-state index in [0.717, 1.165) is 28.0 Å². The molecule has 0 fully saturated rings. The lowest BCUT2D eigenvalue weighted by atomic mass is 9.87. The molecule has 1 aliphatic carbocycles. The molecule has 0 aliphatic heterocycles. The molecule has 12 heteroatoms. The van der Waals surface area contributed by atoms with Gasteiger partial charge in [0.05, 0.1) is 16.9 Å². The van der Waals surface area contributed by atoms with E-state index in [1.54, 1.807) is 18.2 Å². The van der Waals surface area contributed by atoms with Crippen LogP contribution in [0.15, 0.2) is 74.8 Å².